The summed E-state index contributed by atoms with van der Waals surface area (Å²) >= 11 is 0. The number of piperidine rings is 3. The first kappa shape index (κ1) is 35.4. The molecule has 4 atom stereocenters. The van der Waals surface area contributed by atoms with E-state index in [0.717, 1.165) is 53.7 Å². The van der Waals surface area contributed by atoms with Crippen LogP contribution in [0.1, 0.15) is 80.7 Å². The Hall–Kier alpha value is -3.47. The predicted octanol–water partition coefficient (Wildman–Crippen LogP) is 5.82. The van der Waals surface area contributed by atoms with Crippen molar-refractivity contribution in [3.63, 3.8) is 0 Å². The summed E-state index contributed by atoms with van der Waals surface area (Å²) in [6, 6.07) is 23.0. The number of aromatic hydroxyl groups is 1. The molecule has 3 aromatic carbocycles. The van der Waals surface area contributed by atoms with E-state index in [0.29, 0.717) is 37.6 Å². The molecular formula is C40H54N3O6+. The molecule has 1 unspecified atom stereocenters. The number of carbonyl (C=O) groups excluding carboxylic acids is 1. The number of aliphatic hydroxyl groups excluding tert-OH is 1. The number of nitrogens with one attached hydrogen (secondary N) is 2. The summed E-state index contributed by atoms with van der Waals surface area (Å²) in [5.41, 5.74) is 2.03. The number of nitrogens with zero attached hydrogens (tertiary/aromatic N) is 1. The number of phenolic OH excluding ortho intramolecular Hbond substituents is 1. The third kappa shape index (κ3) is 8.47. The third-order valence-corrected chi connectivity index (χ3v) is 11.5. The van der Waals surface area contributed by atoms with E-state index in [-0.39, 0.29) is 29.5 Å². The normalized spacial score (nSPS) is 24.6. The first-order chi connectivity index (χ1) is 23.8. The summed E-state index contributed by atoms with van der Waals surface area (Å²) in [7, 11) is 0. The maximum Gasteiger partial charge on any atom is 0.211 e. The first-order valence-electron chi connectivity index (χ1n) is 18.2. The van der Waals surface area contributed by atoms with Gasteiger partial charge in [0, 0.05) is 37.8 Å². The van der Waals surface area contributed by atoms with Gasteiger partial charge in [0.2, 0.25) is 6.41 Å². The van der Waals surface area contributed by atoms with Gasteiger partial charge in [-0.05, 0) is 66.6 Å². The van der Waals surface area contributed by atoms with E-state index in [1.165, 1.54) is 44.8 Å². The molecule has 0 aromatic heterocycles. The monoisotopic (exact) mass is 672 g/mol. The van der Waals surface area contributed by atoms with Gasteiger partial charge in [0.15, 0.2) is 0 Å². The van der Waals surface area contributed by atoms with E-state index >= 15 is 0 Å². The molecule has 1 saturated carbocycles. The molecule has 3 heterocycles. The van der Waals surface area contributed by atoms with Crippen molar-refractivity contribution >= 4 is 12.1 Å². The van der Waals surface area contributed by atoms with Gasteiger partial charge in [-0.2, -0.15) is 0 Å². The maximum atomic E-state index is 12.0. The number of aliphatic hydroxyl groups is 2. The Morgan fingerprint density at radius 2 is 1.69 bits per heavy atom. The third-order valence-electron chi connectivity index (χ3n) is 11.5. The van der Waals surface area contributed by atoms with Crippen LogP contribution in [0.3, 0.4) is 0 Å². The number of ether oxygens (including phenoxy) is 2. The summed E-state index contributed by atoms with van der Waals surface area (Å²) in [5, 5.41) is 38.3. The Kier molecular flexibility index (Phi) is 11.6. The number of benzene rings is 3. The average molecular weight is 673 g/mol. The van der Waals surface area contributed by atoms with Crippen molar-refractivity contribution in [3.05, 3.63) is 89.5 Å². The van der Waals surface area contributed by atoms with Crippen molar-refractivity contribution in [2.24, 2.45) is 11.8 Å². The van der Waals surface area contributed by atoms with E-state index in [2.05, 4.69) is 22.8 Å². The van der Waals surface area contributed by atoms with E-state index in [1.807, 2.05) is 49.4 Å². The molecule has 9 nitrogen and oxygen atoms in total. The second-order valence-corrected chi connectivity index (χ2v) is 14.6. The van der Waals surface area contributed by atoms with Crippen LogP contribution in [0.4, 0.5) is 5.69 Å². The molecule has 0 spiro atoms. The molecule has 5 N–H and O–H groups in total. The Morgan fingerprint density at radius 1 is 0.980 bits per heavy atom. The Balaban J connectivity index is 0.949. The second kappa shape index (κ2) is 16.0. The Labute approximate surface area is 290 Å². The van der Waals surface area contributed by atoms with Gasteiger partial charge >= 0.3 is 0 Å². The quantitative estimate of drug-likeness (QED) is 0.0531. The van der Waals surface area contributed by atoms with Crippen LogP contribution in [-0.4, -0.2) is 78.3 Å². The van der Waals surface area contributed by atoms with E-state index in [9.17, 15) is 20.1 Å². The molecule has 1 amide bonds. The van der Waals surface area contributed by atoms with Crippen LogP contribution in [0.25, 0.3) is 0 Å². The van der Waals surface area contributed by atoms with Crippen LogP contribution >= 0.6 is 0 Å². The second-order valence-electron chi connectivity index (χ2n) is 14.6. The number of fused-ring (bicyclic) bond motifs is 3. The van der Waals surface area contributed by atoms with Gasteiger partial charge in [-0.1, -0.05) is 61.4 Å². The molecule has 9 heteroatoms. The summed E-state index contributed by atoms with van der Waals surface area (Å²) in [4.78, 5) is 10.8. The number of hydrogen-bond acceptors (Lipinski definition) is 7. The number of anilines is 1. The minimum atomic E-state index is -0.915. The van der Waals surface area contributed by atoms with Crippen molar-refractivity contribution in [1.29, 1.82) is 0 Å². The van der Waals surface area contributed by atoms with Gasteiger partial charge in [-0.25, -0.2) is 0 Å². The predicted molar refractivity (Wildman–Crippen MR) is 190 cm³/mol. The number of carbonyl (C=O) groups is 1. The van der Waals surface area contributed by atoms with E-state index < -0.39 is 11.7 Å². The Morgan fingerprint density at radius 3 is 2.41 bits per heavy atom. The van der Waals surface area contributed by atoms with Gasteiger partial charge in [0.25, 0.3) is 0 Å². The topological polar surface area (TPSA) is 120 Å². The van der Waals surface area contributed by atoms with Crippen molar-refractivity contribution < 1.29 is 34.1 Å². The highest BCUT2D eigenvalue weighted by Gasteiger charge is 2.48. The number of quaternary nitrogens is 1. The standard InChI is InChI=1S/C40H53N3O6/c1-29(41-25-38(46)32-14-17-37(45)36(24-32)42-28-44)30-12-15-35(16-13-30)48-23-7-20-43-21-18-31(19-22-43)39(26-43)49-27-40(47,34-10-5-6-11-34)33-8-3-2-4-9-33/h2-4,8-9,12-17,24,28-29,31,34,38-39,41,46-47H,5-7,10-11,18-23,25-27H2,1H3,(H-,42,44,45)/p+1/t29-,31?,38-,39-,40?,43?/m0/s1. The van der Waals surface area contributed by atoms with Crippen LogP contribution in [0, 0.1) is 11.8 Å². The maximum absolute atomic E-state index is 12.0. The van der Waals surface area contributed by atoms with Crippen LogP contribution in [-0.2, 0) is 15.1 Å². The lowest BCUT2D eigenvalue weighted by atomic mass is 9.80. The number of hydrogen-bond donors (Lipinski definition) is 5. The SMILES string of the molecule is C[C@H](NC[C@H](O)c1ccc(O)c(NC=O)c1)c1ccc(OCCC[N+]23CCC(CC2)[C@@H](OCC(O)(c2ccccc2)C2CCCC2)C3)cc1. The molecule has 49 heavy (non-hydrogen) atoms. The van der Waals surface area contributed by atoms with Gasteiger partial charge < -0.3 is 39.9 Å². The molecule has 7 rings (SSSR count). The van der Waals surface area contributed by atoms with Gasteiger partial charge in [-0.3, -0.25) is 4.79 Å². The van der Waals surface area contributed by atoms with Crippen molar-refractivity contribution in [2.45, 2.75) is 75.7 Å². The average Bonchev–Trinajstić information content (AvgIpc) is 3.70. The molecule has 0 radical (unpaired) electrons. The smallest absolute Gasteiger partial charge is 0.211 e. The lowest BCUT2D eigenvalue weighted by molar-refractivity contribution is -0.946. The molecule has 3 saturated heterocycles. The zero-order chi connectivity index (χ0) is 34.3. The first-order valence-corrected chi connectivity index (χ1v) is 18.2. The van der Waals surface area contributed by atoms with Crippen LogP contribution in [0.2, 0.25) is 0 Å². The van der Waals surface area contributed by atoms with Crippen LogP contribution < -0.4 is 15.4 Å². The molecule has 3 aromatic rings. The number of phenols is 1. The van der Waals surface area contributed by atoms with Crippen LogP contribution in [0.5, 0.6) is 11.5 Å². The number of amides is 1. The van der Waals surface area contributed by atoms with Crippen LogP contribution in [0.15, 0.2) is 72.8 Å². The molecule has 4 aliphatic rings. The number of rotatable bonds is 17. The highest BCUT2D eigenvalue weighted by atomic mass is 16.5. The summed E-state index contributed by atoms with van der Waals surface area (Å²) in [6.07, 6.45) is 7.76. The van der Waals surface area contributed by atoms with Gasteiger partial charge in [0.05, 0.1) is 44.6 Å². The minimum absolute atomic E-state index is 0.00299. The van der Waals surface area contributed by atoms with E-state index in [1.54, 1.807) is 12.1 Å². The molecular weight excluding hydrogens is 618 g/mol. The van der Waals surface area contributed by atoms with Crippen molar-refractivity contribution in [1.82, 2.24) is 5.32 Å². The van der Waals surface area contributed by atoms with E-state index in [4.69, 9.17) is 9.47 Å². The molecule has 4 fully saturated rings. The summed E-state index contributed by atoms with van der Waals surface area (Å²) in [6.45, 7) is 7.91. The van der Waals surface area contributed by atoms with Crippen molar-refractivity contribution in [2.75, 3.05) is 51.3 Å². The molecule has 2 bridgehead atoms. The zero-order valence-electron chi connectivity index (χ0n) is 28.8. The minimum Gasteiger partial charge on any atom is -0.506 e. The molecule has 3 aliphatic heterocycles. The lowest BCUT2D eigenvalue weighted by Gasteiger charge is -2.53. The molecule has 1 aliphatic carbocycles. The zero-order valence-corrected chi connectivity index (χ0v) is 28.8. The fourth-order valence-electron chi connectivity index (χ4n) is 8.43. The fourth-order valence-corrected chi connectivity index (χ4v) is 8.43. The lowest BCUT2D eigenvalue weighted by Crippen LogP contribution is -2.65. The highest BCUT2D eigenvalue weighted by molar-refractivity contribution is 5.75. The fraction of sp³-hybridized carbons (Fsp3) is 0.525. The molecule has 264 valence electrons. The van der Waals surface area contributed by atoms with Crippen molar-refractivity contribution in [3.8, 4) is 11.5 Å². The summed E-state index contributed by atoms with van der Waals surface area (Å²) in [5.74, 6) is 1.65. The largest absolute Gasteiger partial charge is 0.506 e. The highest BCUT2D eigenvalue weighted by Crippen LogP contribution is 2.43. The van der Waals surface area contributed by atoms with Gasteiger partial charge in [0.1, 0.15) is 29.7 Å². The Bertz CT molecular complexity index is 1490. The summed E-state index contributed by atoms with van der Waals surface area (Å²) < 4.78 is 14.0. The van der Waals surface area contributed by atoms with Gasteiger partial charge in [-0.15, -0.1) is 0 Å².